The lowest BCUT2D eigenvalue weighted by molar-refractivity contribution is -0.132. The Kier molecular flexibility index (Phi) is 6.44. The Morgan fingerprint density at radius 3 is 2.41 bits per heavy atom. The average molecular weight is 395 g/mol. The zero-order valence-corrected chi connectivity index (χ0v) is 17.0. The Bertz CT molecular complexity index is 788. The first kappa shape index (κ1) is 19.9. The molecule has 0 aliphatic carbocycles. The van der Waals surface area contributed by atoms with Crippen LogP contribution in [0.1, 0.15) is 30.5 Å². The van der Waals surface area contributed by atoms with Crippen LogP contribution in [-0.2, 0) is 11.2 Å². The number of hydrogen-bond donors (Lipinski definition) is 2. The molecule has 2 aromatic carbocycles. The predicted molar refractivity (Wildman–Crippen MR) is 113 cm³/mol. The molecule has 0 aromatic heterocycles. The number of carbonyl (C=O) groups excluding carboxylic acids is 1. The van der Waals surface area contributed by atoms with Gasteiger partial charge in [-0.1, -0.05) is 42.5 Å². The molecular formula is C23H30N4O2. The number of nitrogens with zero attached hydrogens (tertiary/aromatic N) is 2. The SMILES string of the molecule is CCOc1ccc(CC(=O)N2CCN(C3CC(c4ccccc4)NN3)CC2)cc1. The van der Waals surface area contributed by atoms with Crippen LogP contribution in [0, 0.1) is 0 Å². The smallest absolute Gasteiger partial charge is 0.227 e. The van der Waals surface area contributed by atoms with Crippen LogP contribution in [0.2, 0.25) is 0 Å². The van der Waals surface area contributed by atoms with E-state index in [4.69, 9.17) is 4.74 Å². The van der Waals surface area contributed by atoms with Crippen molar-refractivity contribution >= 4 is 5.91 Å². The van der Waals surface area contributed by atoms with Crippen molar-refractivity contribution < 1.29 is 9.53 Å². The topological polar surface area (TPSA) is 56.8 Å². The monoisotopic (exact) mass is 394 g/mol. The second-order valence-corrected chi connectivity index (χ2v) is 7.67. The highest BCUT2D eigenvalue weighted by molar-refractivity contribution is 5.79. The normalized spacial score (nSPS) is 22.6. The molecule has 154 valence electrons. The van der Waals surface area contributed by atoms with E-state index in [0.717, 1.165) is 43.9 Å². The largest absolute Gasteiger partial charge is 0.494 e. The summed E-state index contributed by atoms with van der Waals surface area (Å²) in [6.45, 7) is 5.98. The summed E-state index contributed by atoms with van der Waals surface area (Å²) in [5.41, 5.74) is 9.20. The van der Waals surface area contributed by atoms with E-state index in [9.17, 15) is 4.79 Å². The number of carbonyl (C=O) groups is 1. The van der Waals surface area contributed by atoms with Gasteiger partial charge in [-0.15, -0.1) is 0 Å². The molecule has 29 heavy (non-hydrogen) atoms. The molecule has 0 bridgehead atoms. The van der Waals surface area contributed by atoms with Gasteiger partial charge in [-0.05, 0) is 36.6 Å². The van der Waals surface area contributed by atoms with Gasteiger partial charge in [0.1, 0.15) is 5.75 Å². The molecule has 0 saturated carbocycles. The van der Waals surface area contributed by atoms with E-state index < -0.39 is 0 Å². The summed E-state index contributed by atoms with van der Waals surface area (Å²) in [4.78, 5) is 17.1. The summed E-state index contributed by atoms with van der Waals surface area (Å²) in [5, 5.41) is 0. The highest BCUT2D eigenvalue weighted by Gasteiger charge is 2.32. The van der Waals surface area contributed by atoms with Crippen LogP contribution in [0.15, 0.2) is 54.6 Å². The fourth-order valence-electron chi connectivity index (χ4n) is 4.12. The summed E-state index contributed by atoms with van der Waals surface area (Å²) >= 11 is 0. The summed E-state index contributed by atoms with van der Waals surface area (Å²) in [6, 6.07) is 18.7. The van der Waals surface area contributed by atoms with Crippen molar-refractivity contribution in [3.63, 3.8) is 0 Å². The van der Waals surface area contributed by atoms with Gasteiger partial charge in [0.15, 0.2) is 0 Å². The lowest BCUT2D eigenvalue weighted by Crippen LogP contribution is -2.55. The molecule has 0 radical (unpaired) electrons. The van der Waals surface area contributed by atoms with Crippen LogP contribution in [-0.4, -0.2) is 54.7 Å². The van der Waals surface area contributed by atoms with E-state index in [2.05, 4.69) is 40.0 Å². The number of piperazine rings is 1. The lowest BCUT2D eigenvalue weighted by atomic mass is 10.0. The summed E-state index contributed by atoms with van der Waals surface area (Å²) < 4.78 is 5.47. The molecule has 2 fully saturated rings. The van der Waals surface area contributed by atoms with Crippen LogP contribution in [0.4, 0.5) is 0 Å². The van der Waals surface area contributed by atoms with Crippen molar-refractivity contribution in [2.24, 2.45) is 0 Å². The van der Waals surface area contributed by atoms with Crippen molar-refractivity contribution in [1.82, 2.24) is 20.7 Å². The van der Waals surface area contributed by atoms with E-state index in [1.807, 2.05) is 42.2 Å². The maximum absolute atomic E-state index is 12.7. The van der Waals surface area contributed by atoms with E-state index in [1.54, 1.807) is 0 Å². The Hall–Kier alpha value is -2.41. The standard InChI is InChI=1S/C23H30N4O2/c1-2-29-20-10-8-18(9-11-20)16-23(28)27-14-12-26(13-15-27)22-17-21(24-25-22)19-6-4-3-5-7-19/h3-11,21-22,24-25H,2,12-17H2,1H3. The third kappa shape index (κ3) is 4.96. The molecule has 1 amide bonds. The minimum absolute atomic E-state index is 0.202. The maximum atomic E-state index is 12.7. The van der Waals surface area contributed by atoms with E-state index >= 15 is 0 Å². The molecule has 2 heterocycles. The second-order valence-electron chi connectivity index (χ2n) is 7.67. The number of benzene rings is 2. The van der Waals surface area contributed by atoms with Crippen molar-refractivity contribution in [1.29, 1.82) is 0 Å². The predicted octanol–water partition coefficient (Wildman–Crippen LogP) is 2.34. The van der Waals surface area contributed by atoms with Gasteiger partial charge in [-0.2, -0.15) is 0 Å². The quantitative estimate of drug-likeness (QED) is 0.788. The van der Waals surface area contributed by atoms with Crippen LogP contribution >= 0.6 is 0 Å². The number of hydrogen-bond acceptors (Lipinski definition) is 5. The summed E-state index contributed by atoms with van der Waals surface area (Å²) in [5.74, 6) is 1.05. The molecule has 2 saturated heterocycles. The van der Waals surface area contributed by atoms with Crippen LogP contribution in [0.25, 0.3) is 0 Å². The van der Waals surface area contributed by atoms with Crippen molar-refractivity contribution in [2.75, 3.05) is 32.8 Å². The molecule has 2 unspecified atom stereocenters. The van der Waals surface area contributed by atoms with E-state index in [0.29, 0.717) is 25.2 Å². The maximum Gasteiger partial charge on any atom is 0.227 e. The van der Waals surface area contributed by atoms with Gasteiger partial charge in [-0.25, -0.2) is 10.9 Å². The summed E-state index contributed by atoms with van der Waals surface area (Å²) in [6.07, 6.45) is 1.79. The zero-order valence-electron chi connectivity index (χ0n) is 17.0. The zero-order chi connectivity index (χ0) is 20.1. The van der Waals surface area contributed by atoms with Crippen molar-refractivity contribution in [2.45, 2.75) is 32.0 Å². The average Bonchev–Trinajstić information content (AvgIpc) is 3.26. The molecule has 0 spiro atoms. The number of amides is 1. The Morgan fingerprint density at radius 1 is 1.00 bits per heavy atom. The molecular weight excluding hydrogens is 364 g/mol. The molecule has 2 aliphatic heterocycles. The van der Waals surface area contributed by atoms with Gasteiger partial charge in [0, 0.05) is 32.2 Å². The Balaban J connectivity index is 1.24. The molecule has 2 atom stereocenters. The molecule has 2 aromatic rings. The Morgan fingerprint density at radius 2 is 1.72 bits per heavy atom. The molecule has 6 heteroatoms. The fourth-order valence-corrected chi connectivity index (χ4v) is 4.12. The van der Waals surface area contributed by atoms with E-state index in [-0.39, 0.29) is 5.91 Å². The van der Waals surface area contributed by atoms with E-state index in [1.165, 1.54) is 5.56 Å². The Labute approximate surface area is 172 Å². The van der Waals surface area contributed by atoms with Gasteiger partial charge in [0.2, 0.25) is 5.91 Å². The van der Waals surface area contributed by atoms with Gasteiger partial charge in [0.05, 0.1) is 19.2 Å². The second kappa shape index (κ2) is 9.39. The van der Waals surface area contributed by atoms with Gasteiger partial charge >= 0.3 is 0 Å². The van der Waals surface area contributed by atoms with Crippen molar-refractivity contribution in [3.8, 4) is 5.75 Å². The van der Waals surface area contributed by atoms with Crippen molar-refractivity contribution in [3.05, 3.63) is 65.7 Å². The number of rotatable bonds is 6. The molecule has 2 N–H and O–H groups in total. The first-order valence-corrected chi connectivity index (χ1v) is 10.5. The van der Waals surface area contributed by atoms with Crippen LogP contribution < -0.4 is 15.6 Å². The van der Waals surface area contributed by atoms with Crippen LogP contribution in [0.3, 0.4) is 0 Å². The first-order chi connectivity index (χ1) is 14.2. The molecule has 2 aliphatic rings. The fraction of sp³-hybridized carbons (Fsp3) is 0.435. The number of nitrogens with one attached hydrogen (secondary N) is 2. The number of ether oxygens (including phenoxy) is 1. The molecule has 4 rings (SSSR count). The van der Waals surface area contributed by atoms with Gasteiger partial charge in [-0.3, -0.25) is 9.69 Å². The number of hydrazine groups is 1. The van der Waals surface area contributed by atoms with Gasteiger partial charge in [0.25, 0.3) is 0 Å². The summed E-state index contributed by atoms with van der Waals surface area (Å²) in [7, 11) is 0. The van der Waals surface area contributed by atoms with Crippen LogP contribution in [0.5, 0.6) is 5.75 Å². The highest BCUT2D eigenvalue weighted by Crippen LogP contribution is 2.24. The first-order valence-electron chi connectivity index (χ1n) is 10.5. The molecule has 6 nitrogen and oxygen atoms in total. The third-order valence-electron chi connectivity index (χ3n) is 5.78. The minimum atomic E-state index is 0.202. The lowest BCUT2D eigenvalue weighted by Gasteiger charge is -2.37. The highest BCUT2D eigenvalue weighted by atomic mass is 16.5. The third-order valence-corrected chi connectivity index (χ3v) is 5.78. The van der Waals surface area contributed by atoms with Gasteiger partial charge < -0.3 is 9.64 Å². The minimum Gasteiger partial charge on any atom is -0.494 e.